The molecule has 0 unspecified atom stereocenters. The van der Waals surface area contributed by atoms with E-state index in [4.69, 9.17) is 39.5 Å². The number of benzene rings is 3. The van der Waals surface area contributed by atoms with E-state index in [2.05, 4.69) is 20.3 Å². The smallest absolute Gasteiger partial charge is 0.321 e. The van der Waals surface area contributed by atoms with Gasteiger partial charge in [0.1, 0.15) is 18.7 Å². The zero-order chi connectivity index (χ0) is 30.9. The molecule has 0 amide bonds. The van der Waals surface area contributed by atoms with Gasteiger partial charge in [-0.1, -0.05) is 46.9 Å². The molecule has 4 N–H and O–H groups in total. The van der Waals surface area contributed by atoms with Crippen LogP contribution in [0.1, 0.15) is 12.5 Å². The number of phenolic OH excluding ortho intramolecular Hbond substituents is 1. The predicted octanol–water partition coefficient (Wildman–Crippen LogP) is 4.70. The summed E-state index contributed by atoms with van der Waals surface area (Å²) < 4.78 is 70.1. The molecule has 0 spiro atoms. The van der Waals surface area contributed by atoms with Gasteiger partial charge in [-0.25, -0.2) is 4.98 Å². The molecule has 224 valence electrons. The Morgan fingerprint density at radius 3 is 2.14 bits per heavy atom. The normalized spacial score (nSPS) is 12.3. The molecule has 0 saturated carbocycles. The maximum Gasteiger partial charge on any atom is 0.321 e. The highest BCUT2D eigenvalue weighted by atomic mass is 35.6. The summed E-state index contributed by atoms with van der Waals surface area (Å²) in [6.07, 6.45) is 1.13. The standard InChI is InChI=1S/C24H22Cl3N5O8S2/c1-2-32(16-5-3-15(4-6-16)24(25,26)27)7-8-40-23-29-13-28-22(31-23)30-19-11-17(41(34,35)36)9-14-10-18(42(37,38)39)12-20(33)21(14)19/h3-6,9-13,33H,2,7-8H2,1H3,(H,34,35,36)(H,37,38,39)(H,28,29,30,31). The fourth-order valence-electron chi connectivity index (χ4n) is 3.94. The number of ether oxygens (including phenoxy) is 1. The summed E-state index contributed by atoms with van der Waals surface area (Å²) in [7, 11) is -9.52. The maximum absolute atomic E-state index is 11.9. The molecule has 1 aromatic heterocycles. The summed E-state index contributed by atoms with van der Waals surface area (Å²) in [6, 6.07) is 10.6. The topological polar surface area (TPSA) is 192 Å². The number of aromatic nitrogens is 3. The van der Waals surface area contributed by atoms with Crippen LogP contribution in [0.25, 0.3) is 10.8 Å². The molecule has 0 bridgehead atoms. The van der Waals surface area contributed by atoms with Crippen molar-refractivity contribution >= 4 is 83.1 Å². The largest absolute Gasteiger partial charge is 0.507 e. The number of rotatable bonds is 10. The van der Waals surface area contributed by atoms with Crippen LogP contribution in [0.3, 0.4) is 0 Å². The van der Waals surface area contributed by atoms with E-state index in [0.717, 1.165) is 36.3 Å². The van der Waals surface area contributed by atoms with Gasteiger partial charge >= 0.3 is 6.01 Å². The SMILES string of the molecule is CCN(CCOc1ncnc(Nc2cc(S(=O)(=O)O)cc3cc(S(=O)(=O)O)cc(O)c23)n1)c1ccc(C(Cl)(Cl)Cl)cc1. The van der Waals surface area contributed by atoms with Crippen molar-refractivity contribution in [3.8, 4) is 11.8 Å². The van der Waals surface area contributed by atoms with E-state index >= 15 is 0 Å². The van der Waals surface area contributed by atoms with E-state index in [-0.39, 0.29) is 35.0 Å². The Morgan fingerprint density at radius 2 is 1.57 bits per heavy atom. The van der Waals surface area contributed by atoms with E-state index in [1.165, 1.54) is 0 Å². The molecule has 3 aromatic carbocycles. The van der Waals surface area contributed by atoms with Gasteiger partial charge in [-0.05, 0) is 42.6 Å². The Kier molecular flexibility index (Phi) is 9.22. The van der Waals surface area contributed by atoms with E-state index < -0.39 is 39.6 Å². The summed E-state index contributed by atoms with van der Waals surface area (Å²) in [6.45, 7) is 3.18. The lowest BCUT2D eigenvalue weighted by atomic mass is 10.1. The zero-order valence-electron chi connectivity index (χ0n) is 21.4. The number of nitrogens with zero attached hydrogens (tertiary/aromatic N) is 4. The third kappa shape index (κ3) is 7.60. The highest BCUT2D eigenvalue weighted by Crippen LogP contribution is 2.39. The van der Waals surface area contributed by atoms with Crippen LogP contribution in [0.4, 0.5) is 17.3 Å². The molecule has 0 fully saturated rings. The maximum atomic E-state index is 11.9. The lowest BCUT2D eigenvalue weighted by Gasteiger charge is -2.23. The second-order valence-corrected chi connectivity index (χ2v) is 13.8. The number of hydrogen-bond donors (Lipinski definition) is 4. The molecule has 1 heterocycles. The van der Waals surface area contributed by atoms with Crippen LogP contribution in [-0.4, -0.2) is 65.7 Å². The molecule has 4 rings (SSSR count). The molecule has 0 radical (unpaired) electrons. The van der Waals surface area contributed by atoms with Crippen molar-refractivity contribution in [1.82, 2.24) is 15.0 Å². The molecule has 42 heavy (non-hydrogen) atoms. The summed E-state index contributed by atoms with van der Waals surface area (Å²) >= 11 is 17.8. The first-order valence-corrected chi connectivity index (χ1v) is 15.8. The number of aromatic hydroxyl groups is 1. The second kappa shape index (κ2) is 12.2. The van der Waals surface area contributed by atoms with Crippen molar-refractivity contribution in [2.24, 2.45) is 0 Å². The fraction of sp³-hybridized carbons (Fsp3) is 0.208. The minimum atomic E-state index is -4.77. The first-order valence-electron chi connectivity index (χ1n) is 11.8. The van der Waals surface area contributed by atoms with Gasteiger partial charge in [0.15, 0.2) is 0 Å². The second-order valence-electron chi connectivity index (χ2n) is 8.65. The Balaban J connectivity index is 1.56. The first-order chi connectivity index (χ1) is 19.6. The Morgan fingerprint density at radius 1 is 0.952 bits per heavy atom. The molecule has 18 heteroatoms. The Labute approximate surface area is 255 Å². The van der Waals surface area contributed by atoms with Gasteiger partial charge in [-0.15, -0.1) is 0 Å². The minimum absolute atomic E-state index is 0.0444. The quantitative estimate of drug-likeness (QED) is 0.133. The van der Waals surface area contributed by atoms with Crippen LogP contribution in [0.15, 0.2) is 64.6 Å². The van der Waals surface area contributed by atoms with Crippen molar-refractivity contribution in [2.75, 3.05) is 29.9 Å². The van der Waals surface area contributed by atoms with E-state index in [9.17, 15) is 31.0 Å². The third-order valence-electron chi connectivity index (χ3n) is 5.90. The zero-order valence-corrected chi connectivity index (χ0v) is 25.3. The number of alkyl halides is 3. The number of nitrogens with one attached hydrogen (secondary N) is 1. The van der Waals surface area contributed by atoms with Crippen LogP contribution >= 0.6 is 34.8 Å². The average molecular weight is 679 g/mol. The summed E-state index contributed by atoms with van der Waals surface area (Å²) in [5, 5.41) is 13.1. The molecular formula is C24H22Cl3N5O8S2. The highest BCUT2D eigenvalue weighted by molar-refractivity contribution is 7.86. The average Bonchev–Trinajstić information content (AvgIpc) is 2.89. The molecule has 0 saturated heterocycles. The molecule has 13 nitrogen and oxygen atoms in total. The van der Waals surface area contributed by atoms with Gasteiger partial charge in [0, 0.05) is 29.2 Å². The number of fused-ring (bicyclic) bond motifs is 1. The van der Waals surface area contributed by atoms with Crippen molar-refractivity contribution in [3.05, 3.63) is 60.4 Å². The lowest BCUT2D eigenvalue weighted by Crippen LogP contribution is -2.28. The van der Waals surface area contributed by atoms with Crippen LogP contribution in [-0.2, 0) is 24.0 Å². The molecule has 0 aliphatic rings. The van der Waals surface area contributed by atoms with Gasteiger partial charge < -0.3 is 20.1 Å². The molecule has 0 atom stereocenters. The van der Waals surface area contributed by atoms with Crippen molar-refractivity contribution in [2.45, 2.75) is 20.5 Å². The number of anilines is 3. The molecule has 0 aliphatic heterocycles. The van der Waals surface area contributed by atoms with Gasteiger partial charge in [-0.2, -0.15) is 26.8 Å². The number of hydrogen-bond acceptors (Lipinski definition) is 11. The third-order valence-corrected chi connectivity index (χ3v) is 8.22. The number of phenols is 1. The van der Waals surface area contributed by atoms with E-state index in [0.29, 0.717) is 18.7 Å². The minimum Gasteiger partial charge on any atom is -0.507 e. The van der Waals surface area contributed by atoms with Crippen LogP contribution < -0.4 is 15.0 Å². The van der Waals surface area contributed by atoms with Gasteiger partial charge in [0.05, 0.1) is 22.0 Å². The summed E-state index contributed by atoms with van der Waals surface area (Å²) in [4.78, 5) is 12.8. The van der Waals surface area contributed by atoms with Crippen LogP contribution in [0.5, 0.6) is 11.8 Å². The number of likely N-dealkylation sites (N-methyl/N-ethyl adjacent to an activating group) is 1. The van der Waals surface area contributed by atoms with Gasteiger partial charge in [0.25, 0.3) is 20.2 Å². The fourth-order valence-corrected chi connectivity index (χ4v) is 5.40. The Bertz CT molecular complexity index is 1830. The van der Waals surface area contributed by atoms with Gasteiger partial charge in [-0.3, -0.25) is 9.11 Å². The first kappa shape index (κ1) is 31.7. The number of halogens is 3. The highest BCUT2D eigenvalue weighted by Gasteiger charge is 2.23. The van der Waals surface area contributed by atoms with Crippen molar-refractivity contribution in [1.29, 1.82) is 0 Å². The molecular weight excluding hydrogens is 657 g/mol. The monoisotopic (exact) mass is 677 g/mol. The summed E-state index contributed by atoms with van der Waals surface area (Å²) in [5.41, 5.74) is 1.28. The van der Waals surface area contributed by atoms with E-state index in [1.54, 1.807) is 12.1 Å². The predicted molar refractivity (Wildman–Crippen MR) is 157 cm³/mol. The molecule has 4 aromatic rings. The molecule has 0 aliphatic carbocycles. The van der Waals surface area contributed by atoms with Crippen LogP contribution in [0, 0.1) is 0 Å². The van der Waals surface area contributed by atoms with Crippen LogP contribution in [0.2, 0.25) is 0 Å². The Hall–Kier alpha value is -3.18. The lowest BCUT2D eigenvalue weighted by molar-refractivity contribution is 0.298. The van der Waals surface area contributed by atoms with Crippen molar-refractivity contribution < 1.29 is 35.8 Å². The van der Waals surface area contributed by atoms with E-state index in [1.807, 2.05) is 24.0 Å². The summed E-state index contributed by atoms with van der Waals surface area (Å²) in [5.74, 6) is -0.738. The van der Waals surface area contributed by atoms with Crippen molar-refractivity contribution in [3.63, 3.8) is 0 Å². The van der Waals surface area contributed by atoms with Gasteiger partial charge in [0.2, 0.25) is 9.74 Å².